The fourth-order valence-corrected chi connectivity index (χ4v) is 10.2. The van der Waals surface area contributed by atoms with Gasteiger partial charge in [0, 0.05) is 10.8 Å². The Morgan fingerprint density at radius 3 is 1.90 bits per heavy atom. The predicted octanol–water partition coefficient (Wildman–Crippen LogP) is 3.67. The first-order chi connectivity index (χ1) is 23.0. The van der Waals surface area contributed by atoms with Crippen molar-refractivity contribution in [1.29, 1.82) is 0 Å². The minimum absolute atomic E-state index is 0.0211. The number of aliphatic hydroxyl groups is 4. The maximum absolute atomic E-state index is 14.8. The van der Waals surface area contributed by atoms with Gasteiger partial charge in [0.05, 0.1) is 23.7 Å². The summed E-state index contributed by atoms with van der Waals surface area (Å²) in [5.74, 6) is -9.22. The van der Waals surface area contributed by atoms with Crippen LogP contribution >= 0.6 is 0 Å². The number of fused-ring (bicyclic) bond motifs is 3. The Hall–Kier alpha value is -3.89. The van der Waals surface area contributed by atoms with Crippen LogP contribution in [0.1, 0.15) is 79.1 Å². The molecule has 9 nitrogen and oxygen atoms in total. The Labute approximate surface area is 286 Å². The van der Waals surface area contributed by atoms with Crippen LogP contribution in [0.4, 0.5) is 0 Å². The first kappa shape index (κ1) is 35.0. The Kier molecular flexibility index (Phi) is 8.67. The second-order valence-corrected chi connectivity index (χ2v) is 15.4. The molecule has 0 saturated heterocycles. The number of hydrogen-bond donors (Lipinski definition) is 6. The summed E-state index contributed by atoms with van der Waals surface area (Å²) in [6.07, 6.45) is -4.22. The monoisotopic (exact) mass is 669 g/mol. The molecule has 260 valence electrons. The van der Waals surface area contributed by atoms with Crippen LogP contribution < -0.4 is 5.73 Å². The molecule has 3 aliphatic rings. The number of amides is 1. The van der Waals surface area contributed by atoms with E-state index in [4.69, 9.17) is 5.73 Å². The molecule has 9 heteroatoms. The number of nitrogens with two attached hydrogens (primary N) is 1. The number of hydrogen-bond acceptors (Lipinski definition) is 8. The molecule has 3 aromatic rings. The topological polar surface area (TPSA) is 178 Å². The Bertz CT molecular complexity index is 1740. The molecule has 2 saturated carbocycles. The molecule has 49 heavy (non-hydrogen) atoms. The molecule has 0 aromatic heterocycles. The maximum Gasteiger partial charge on any atom is 0.230 e. The third-order valence-electron chi connectivity index (χ3n) is 12.7. The van der Waals surface area contributed by atoms with Gasteiger partial charge in [0.2, 0.25) is 5.91 Å². The van der Waals surface area contributed by atoms with Crippen LogP contribution in [0, 0.1) is 34.5 Å². The normalized spacial score (nSPS) is 35.5. The van der Waals surface area contributed by atoms with Gasteiger partial charge in [0.1, 0.15) is 17.8 Å². The van der Waals surface area contributed by atoms with Crippen molar-refractivity contribution in [3.05, 3.63) is 101 Å². The van der Waals surface area contributed by atoms with Gasteiger partial charge in [0.25, 0.3) is 0 Å². The minimum Gasteiger partial charge on any atom is -0.507 e. The van der Waals surface area contributed by atoms with E-state index >= 15 is 0 Å². The second-order valence-electron chi connectivity index (χ2n) is 15.4. The van der Waals surface area contributed by atoms with Crippen LogP contribution in [0.5, 0.6) is 5.75 Å². The summed E-state index contributed by atoms with van der Waals surface area (Å²) in [6, 6.07) is 23.3. The molecule has 6 rings (SSSR count). The van der Waals surface area contributed by atoms with Gasteiger partial charge in [0.15, 0.2) is 17.2 Å². The third-order valence-corrected chi connectivity index (χ3v) is 12.7. The summed E-state index contributed by atoms with van der Waals surface area (Å²) in [4.78, 5) is 41.5. The molecule has 0 bridgehead atoms. The largest absolute Gasteiger partial charge is 0.507 e. The van der Waals surface area contributed by atoms with Gasteiger partial charge in [-0.1, -0.05) is 107 Å². The third kappa shape index (κ3) is 4.77. The molecular formula is C40H47NO8. The highest BCUT2D eigenvalue weighted by atomic mass is 16.4. The van der Waals surface area contributed by atoms with Crippen molar-refractivity contribution in [2.24, 2.45) is 40.2 Å². The first-order valence-corrected chi connectivity index (χ1v) is 17.1. The number of carbonyl (C=O) groups is 3. The second kappa shape index (κ2) is 12.2. The van der Waals surface area contributed by atoms with Gasteiger partial charge in [-0.05, 0) is 58.8 Å². The van der Waals surface area contributed by atoms with Crippen molar-refractivity contribution in [2.75, 3.05) is 0 Å². The first-order valence-electron chi connectivity index (χ1n) is 17.1. The lowest BCUT2D eigenvalue weighted by atomic mass is 9.36. The molecule has 7 N–H and O–H groups in total. The molecule has 2 fully saturated rings. The van der Waals surface area contributed by atoms with E-state index in [1.54, 1.807) is 33.8 Å². The molecule has 3 aliphatic carbocycles. The molecular weight excluding hydrogens is 622 g/mol. The van der Waals surface area contributed by atoms with E-state index in [0.29, 0.717) is 24.0 Å². The summed E-state index contributed by atoms with van der Waals surface area (Å²) in [7, 11) is 0. The number of phenolic OH excluding ortho intramolecular Hbond substituents is 1. The van der Waals surface area contributed by atoms with Crippen molar-refractivity contribution < 1.29 is 39.9 Å². The lowest BCUT2D eigenvalue weighted by Gasteiger charge is -2.69. The van der Waals surface area contributed by atoms with E-state index in [1.165, 1.54) is 6.92 Å². The van der Waals surface area contributed by atoms with E-state index < -0.39 is 81.8 Å². The van der Waals surface area contributed by atoms with E-state index in [2.05, 4.69) is 0 Å². The quantitative estimate of drug-likeness (QED) is 0.206. The average Bonchev–Trinajstić information content (AvgIpc) is 3.05. The van der Waals surface area contributed by atoms with Crippen molar-refractivity contribution in [3.63, 3.8) is 0 Å². The van der Waals surface area contributed by atoms with E-state index in [1.807, 2.05) is 66.7 Å². The highest BCUT2D eigenvalue weighted by molar-refractivity contribution is 6.09. The van der Waals surface area contributed by atoms with Gasteiger partial charge in [-0.15, -0.1) is 0 Å². The van der Waals surface area contributed by atoms with E-state index in [-0.39, 0.29) is 17.2 Å². The number of Topliss-reactive ketones (excluding diaryl/α,β-unsaturated/α-hetero) is 2. The average molecular weight is 670 g/mol. The van der Waals surface area contributed by atoms with Gasteiger partial charge in [-0.25, -0.2) is 0 Å². The van der Waals surface area contributed by atoms with Crippen LogP contribution in [0.3, 0.4) is 0 Å². The van der Waals surface area contributed by atoms with E-state index in [0.717, 1.165) is 11.1 Å². The summed E-state index contributed by atoms with van der Waals surface area (Å²) in [5.41, 5.74) is 2.49. The summed E-state index contributed by atoms with van der Waals surface area (Å²) in [5, 5.41) is 60.6. The van der Waals surface area contributed by atoms with Crippen molar-refractivity contribution in [3.8, 4) is 5.75 Å². The summed E-state index contributed by atoms with van der Waals surface area (Å²) in [6.45, 7) is 8.34. The van der Waals surface area contributed by atoms with E-state index in [9.17, 15) is 39.9 Å². The molecule has 0 heterocycles. The lowest BCUT2D eigenvalue weighted by Crippen LogP contribution is -2.83. The zero-order valence-electron chi connectivity index (χ0n) is 28.6. The molecule has 1 amide bonds. The zero-order chi connectivity index (χ0) is 35.8. The summed E-state index contributed by atoms with van der Waals surface area (Å²) >= 11 is 0. The number of phenols is 1. The predicted molar refractivity (Wildman–Crippen MR) is 183 cm³/mol. The van der Waals surface area contributed by atoms with Crippen molar-refractivity contribution in [2.45, 2.75) is 83.2 Å². The van der Waals surface area contributed by atoms with Gasteiger partial charge in [-0.3, -0.25) is 14.4 Å². The standard InChI is InChI=1S/C40H47NO8/c1-20(2)29-33(44)28(36(41)47)34(45)40(49)35(46)30-32(43)27-25(21(3)38(30,4)37(48)39(29,40)5)16-17-26(31(27)42)24(18-22-12-8-6-9-13-22)19-23-14-10-7-11-15-23/h6-17,20-21,24,28-30,33,35,37,42,44,46,48-49H,18-19H2,1-5H3,(H2,41,47)/t21-,28-,29+,30-,33?,35?,37-,38+,39+,40+/m1/s1. The van der Waals surface area contributed by atoms with Crippen molar-refractivity contribution >= 4 is 17.5 Å². The zero-order valence-corrected chi connectivity index (χ0v) is 28.6. The molecule has 10 atom stereocenters. The van der Waals surface area contributed by atoms with Crippen LogP contribution in [-0.4, -0.2) is 66.9 Å². The van der Waals surface area contributed by atoms with Crippen LogP contribution in [0.2, 0.25) is 0 Å². The van der Waals surface area contributed by atoms with Gasteiger partial charge >= 0.3 is 0 Å². The number of primary amides is 1. The fourth-order valence-electron chi connectivity index (χ4n) is 10.2. The fraction of sp³-hybridized carbons (Fsp3) is 0.475. The van der Waals surface area contributed by atoms with Crippen molar-refractivity contribution in [1.82, 2.24) is 0 Å². The number of rotatable bonds is 7. The Balaban J connectivity index is 1.52. The molecule has 0 spiro atoms. The Morgan fingerprint density at radius 2 is 1.41 bits per heavy atom. The number of carbonyl (C=O) groups excluding carboxylic acids is 3. The number of benzene rings is 3. The molecule has 2 unspecified atom stereocenters. The smallest absolute Gasteiger partial charge is 0.230 e. The Morgan fingerprint density at radius 1 is 0.878 bits per heavy atom. The molecule has 0 radical (unpaired) electrons. The van der Waals surface area contributed by atoms with Gasteiger partial charge < -0.3 is 31.3 Å². The number of ketones is 2. The highest BCUT2D eigenvalue weighted by Crippen LogP contribution is 2.68. The SMILES string of the molecule is CC(C)[C@H]1C(O)[C@@H](C(N)=O)C(=O)[C@]2(O)C(O)[C@H]3C(=O)c4c(ccc(C(Cc5ccccc5)Cc5ccccc5)c4O)[C@@H](C)[C@]3(C)[C@@H](O)[C@]12C. The molecule has 0 aliphatic heterocycles. The number of aromatic hydroxyl groups is 1. The summed E-state index contributed by atoms with van der Waals surface area (Å²) < 4.78 is 0. The van der Waals surface area contributed by atoms with Crippen LogP contribution in [-0.2, 0) is 22.4 Å². The highest BCUT2D eigenvalue weighted by Gasteiger charge is 2.80. The van der Waals surface area contributed by atoms with Gasteiger partial charge in [-0.2, -0.15) is 0 Å². The lowest BCUT2D eigenvalue weighted by molar-refractivity contribution is -0.306. The van der Waals surface area contributed by atoms with Crippen LogP contribution in [0.15, 0.2) is 72.8 Å². The minimum atomic E-state index is -2.83. The number of aliphatic hydroxyl groups excluding tert-OH is 3. The molecule has 3 aromatic carbocycles. The maximum atomic E-state index is 14.8. The van der Waals surface area contributed by atoms with Crippen LogP contribution in [0.25, 0.3) is 0 Å².